The van der Waals surface area contributed by atoms with Crippen molar-refractivity contribution in [3.05, 3.63) is 83.9 Å². The van der Waals surface area contributed by atoms with E-state index in [1.807, 2.05) is 0 Å². The summed E-state index contributed by atoms with van der Waals surface area (Å²) >= 11 is 6.00. The summed E-state index contributed by atoms with van der Waals surface area (Å²) in [5, 5.41) is 2.05. The summed E-state index contributed by atoms with van der Waals surface area (Å²) in [6.45, 7) is 0.175. The van der Waals surface area contributed by atoms with Gasteiger partial charge in [0.05, 0.1) is 17.7 Å². The van der Waals surface area contributed by atoms with Crippen molar-refractivity contribution in [2.45, 2.75) is 17.4 Å². The number of carbonyl (C=O) groups excluding carboxylic acids is 1. The lowest BCUT2D eigenvalue weighted by Crippen LogP contribution is -2.41. The minimum Gasteiger partial charge on any atom is -0.496 e. The van der Waals surface area contributed by atoms with Crippen molar-refractivity contribution in [2.75, 3.05) is 18.6 Å². The molecule has 36 heavy (non-hydrogen) atoms. The molecule has 3 aromatic carbocycles. The van der Waals surface area contributed by atoms with Gasteiger partial charge in [0.2, 0.25) is 15.9 Å². The molecule has 1 aromatic heterocycles. The van der Waals surface area contributed by atoms with E-state index >= 15 is 4.39 Å². The average molecular weight is 526 g/mol. The van der Waals surface area contributed by atoms with Gasteiger partial charge in [0.25, 0.3) is 0 Å². The highest BCUT2D eigenvalue weighted by atomic mass is 35.5. The van der Waals surface area contributed by atoms with Crippen molar-refractivity contribution in [1.82, 2.24) is 9.71 Å². The lowest BCUT2D eigenvalue weighted by molar-refractivity contribution is -0.118. The molecule has 0 spiro atoms. The van der Waals surface area contributed by atoms with Crippen molar-refractivity contribution in [2.24, 2.45) is 0 Å². The molecule has 1 N–H and O–H groups in total. The highest BCUT2D eigenvalue weighted by Gasteiger charge is 2.36. The van der Waals surface area contributed by atoms with E-state index in [1.165, 1.54) is 36.3 Å². The Kier molecular flexibility index (Phi) is 6.38. The number of aromatic nitrogens is 1. The van der Waals surface area contributed by atoms with Gasteiger partial charge in [0.1, 0.15) is 17.6 Å². The molecule has 5 rings (SSSR count). The van der Waals surface area contributed by atoms with Gasteiger partial charge >= 0.3 is 0 Å². The number of nitrogens with one attached hydrogen (secondary N) is 1. The highest BCUT2D eigenvalue weighted by molar-refractivity contribution is 7.89. The molecule has 2 heterocycles. The van der Waals surface area contributed by atoms with E-state index in [4.69, 9.17) is 16.3 Å². The number of hydrogen-bond donors (Lipinski definition) is 1. The Morgan fingerprint density at radius 2 is 1.86 bits per heavy atom. The zero-order chi connectivity index (χ0) is 25.4. The minimum atomic E-state index is -3.99. The summed E-state index contributed by atoms with van der Waals surface area (Å²) in [7, 11) is -2.47. The maximum absolute atomic E-state index is 15.1. The second-order valence-electron chi connectivity index (χ2n) is 8.35. The van der Waals surface area contributed by atoms with Gasteiger partial charge in [-0.3, -0.25) is 9.78 Å². The van der Waals surface area contributed by atoms with E-state index in [-0.39, 0.29) is 23.5 Å². The zero-order valence-electron chi connectivity index (χ0n) is 19.1. The first kappa shape index (κ1) is 24.2. The van der Waals surface area contributed by atoms with Crippen LogP contribution in [-0.4, -0.2) is 39.0 Å². The maximum atomic E-state index is 15.1. The van der Waals surface area contributed by atoms with Crippen LogP contribution in [0.3, 0.4) is 0 Å². The second kappa shape index (κ2) is 9.50. The summed E-state index contributed by atoms with van der Waals surface area (Å²) in [6, 6.07) is 14.9. The van der Waals surface area contributed by atoms with Gasteiger partial charge < -0.3 is 9.64 Å². The molecular formula is C26H21ClFN3O4S. The second-order valence-corrected chi connectivity index (χ2v) is 10.5. The Morgan fingerprint density at radius 3 is 2.64 bits per heavy atom. The Hall–Kier alpha value is -3.53. The van der Waals surface area contributed by atoms with Gasteiger partial charge in [-0.1, -0.05) is 29.8 Å². The summed E-state index contributed by atoms with van der Waals surface area (Å²) in [5.41, 5.74) is 1.24. The number of ether oxygens (including phenoxy) is 1. The lowest BCUT2D eigenvalue weighted by Gasteiger charge is -2.19. The fraction of sp³-hybridized carbons (Fsp3) is 0.154. The predicted molar refractivity (Wildman–Crippen MR) is 136 cm³/mol. The topological polar surface area (TPSA) is 88.6 Å². The van der Waals surface area contributed by atoms with Crippen LogP contribution >= 0.6 is 11.6 Å². The van der Waals surface area contributed by atoms with Gasteiger partial charge in [-0.05, 0) is 65.2 Å². The van der Waals surface area contributed by atoms with Gasteiger partial charge in [0, 0.05) is 29.5 Å². The fourth-order valence-corrected chi connectivity index (χ4v) is 5.75. The molecule has 0 aliphatic carbocycles. The monoisotopic (exact) mass is 525 g/mol. The number of sulfonamides is 1. The van der Waals surface area contributed by atoms with Gasteiger partial charge in [0.15, 0.2) is 0 Å². The Bertz CT molecular complexity index is 1600. The number of anilines is 1. The van der Waals surface area contributed by atoms with E-state index in [9.17, 15) is 13.2 Å². The summed E-state index contributed by atoms with van der Waals surface area (Å²) in [5.74, 6) is -0.583. The number of pyridine rings is 1. The molecule has 1 amide bonds. The highest BCUT2D eigenvalue weighted by Crippen LogP contribution is 2.33. The zero-order valence-corrected chi connectivity index (χ0v) is 20.7. The minimum absolute atomic E-state index is 0.0320. The first-order valence-corrected chi connectivity index (χ1v) is 12.9. The van der Waals surface area contributed by atoms with Crippen molar-refractivity contribution in [1.29, 1.82) is 0 Å². The molecule has 0 unspecified atom stereocenters. The largest absolute Gasteiger partial charge is 0.496 e. The maximum Gasteiger partial charge on any atom is 0.245 e. The van der Waals surface area contributed by atoms with Crippen LogP contribution in [-0.2, 0) is 14.8 Å². The molecule has 0 bridgehead atoms. The van der Waals surface area contributed by atoms with Gasteiger partial charge in [-0.25, -0.2) is 12.8 Å². The van der Waals surface area contributed by atoms with Crippen LogP contribution in [0, 0.1) is 5.82 Å². The van der Waals surface area contributed by atoms with Crippen molar-refractivity contribution in [3.63, 3.8) is 0 Å². The van der Waals surface area contributed by atoms with Crippen LogP contribution < -0.4 is 14.4 Å². The number of nitrogens with zero attached hydrogens (tertiary/aromatic N) is 2. The molecule has 184 valence electrons. The predicted octanol–water partition coefficient (Wildman–Crippen LogP) is 4.79. The van der Waals surface area contributed by atoms with Crippen LogP contribution in [0.2, 0.25) is 5.02 Å². The fourth-order valence-electron chi connectivity index (χ4n) is 4.32. The third kappa shape index (κ3) is 4.53. The summed E-state index contributed by atoms with van der Waals surface area (Å²) < 4.78 is 48.9. The Balaban J connectivity index is 1.36. The molecule has 1 aliphatic heterocycles. The van der Waals surface area contributed by atoms with Crippen LogP contribution in [0.15, 0.2) is 78.0 Å². The molecule has 10 heteroatoms. The molecule has 1 fully saturated rings. The van der Waals surface area contributed by atoms with Gasteiger partial charge in [-0.15, -0.1) is 0 Å². The smallest absolute Gasteiger partial charge is 0.245 e. The molecule has 7 nitrogen and oxygen atoms in total. The molecule has 1 saturated heterocycles. The number of benzene rings is 3. The lowest BCUT2D eigenvalue weighted by atomic mass is 10.1. The van der Waals surface area contributed by atoms with Gasteiger partial charge in [-0.2, -0.15) is 4.72 Å². The van der Waals surface area contributed by atoms with Crippen LogP contribution in [0.25, 0.3) is 21.9 Å². The van der Waals surface area contributed by atoms with E-state index in [2.05, 4.69) is 9.71 Å². The third-order valence-electron chi connectivity index (χ3n) is 6.14. The first-order valence-electron chi connectivity index (χ1n) is 11.1. The Morgan fingerprint density at radius 1 is 1.08 bits per heavy atom. The summed E-state index contributed by atoms with van der Waals surface area (Å²) in [4.78, 5) is 18.4. The average Bonchev–Trinajstić information content (AvgIpc) is 3.22. The number of carbonyl (C=O) groups is 1. The Labute approximate surface area is 212 Å². The standard InChI is InChI=1S/C26H21ClFN3O4S/c1-35-25-8-10-29-15-21(25)18-4-7-24(22(28)14-18)31-11-9-23(26(31)32)30-36(33,34)20-6-3-16-12-19(27)5-2-17(16)13-20/h2-8,10,12-15,23,30H,9,11H2,1H3/t23-/m0/s1. The first-order chi connectivity index (χ1) is 17.3. The third-order valence-corrected chi connectivity index (χ3v) is 7.84. The summed E-state index contributed by atoms with van der Waals surface area (Å²) in [6.07, 6.45) is 3.35. The molecule has 0 saturated carbocycles. The number of methoxy groups -OCH3 is 1. The molecule has 0 radical (unpaired) electrons. The van der Waals surface area contributed by atoms with Crippen molar-refractivity contribution >= 4 is 44.0 Å². The number of halogens is 2. The SMILES string of the molecule is COc1ccncc1-c1ccc(N2CC[C@H](NS(=O)(=O)c3ccc4cc(Cl)ccc4c3)C2=O)c(F)c1. The van der Waals surface area contributed by atoms with Crippen LogP contribution in [0.1, 0.15) is 6.42 Å². The number of rotatable bonds is 6. The number of fused-ring (bicyclic) bond motifs is 1. The normalized spacial score (nSPS) is 16.0. The molecule has 4 aromatic rings. The van der Waals surface area contributed by atoms with Crippen LogP contribution in [0.4, 0.5) is 10.1 Å². The van der Waals surface area contributed by atoms with Crippen LogP contribution in [0.5, 0.6) is 5.75 Å². The molecule has 1 atom stereocenters. The van der Waals surface area contributed by atoms with E-state index in [1.54, 1.807) is 48.8 Å². The molecule has 1 aliphatic rings. The quantitative estimate of drug-likeness (QED) is 0.391. The van der Waals surface area contributed by atoms with E-state index < -0.39 is 27.8 Å². The van der Waals surface area contributed by atoms with E-state index in [0.717, 1.165) is 5.39 Å². The number of amides is 1. The molecular weight excluding hydrogens is 505 g/mol. The number of hydrogen-bond acceptors (Lipinski definition) is 5. The van der Waals surface area contributed by atoms with Crippen molar-refractivity contribution < 1.29 is 22.3 Å². The van der Waals surface area contributed by atoms with Crippen molar-refractivity contribution in [3.8, 4) is 16.9 Å². The van der Waals surface area contributed by atoms with E-state index in [0.29, 0.717) is 27.3 Å².